The van der Waals surface area contributed by atoms with Crippen LogP contribution in [0.3, 0.4) is 0 Å². The zero-order valence-electron chi connectivity index (χ0n) is 16.3. The Morgan fingerprint density at radius 1 is 1.25 bits per heavy atom. The van der Waals surface area contributed by atoms with E-state index in [0.29, 0.717) is 17.9 Å². The van der Waals surface area contributed by atoms with Gasteiger partial charge in [-0.05, 0) is 75.4 Å². The van der Waals surface area contributed by atoms with Crippen molar-refractivity contribution in [3.8, 4) is 16.9 Å². The highest BCUT2D eigenvalue weighted by Crippen LogP contribution is 2.38. The lowest BCUT2D eigenvalue weighted by Crippen LogP contribution is -2.59. The molecule has 28 heavy (non-hydrogen) atoms. The van der Waals surface area contributed by atoms with Gasteiger partial charge in [0.05, 0.1) is 23.9 Å². The number of hydrogen-bond acceptors (Lipinski definition) is 4. The van der Waals surface area contributed by atoms with E-state index in [0.717, 1.165) is 36.9 Å². The van der Waals surface area contributed by atoms with E-state index in [1.165, 1.54) is 6.07 Å². The van der Waals surface area contributed by atoms with Crippen LogP contribution in [-0.2, 0) is 4.79 Å². The Balaban J connectivity index is 1.59. The van der Waals surface area contributed by atoms with Gasteiger partial charge in [0.15, 0.2) is 0 Å². The summed E-state index contributed by atoms with van der Waals surface area (Å²) in [7, 11) is 0. The highest BCUT2D eigenvalue weighted by Gasteiger charge is 2.47. The topological polar surface area (TPSA) is 63.2 Å². The van der Waals surface area contributed by atoms with Gasteiger partial charge in [0.2, 0.25) is 5.91 Å². The summed E-state index contributed by atoms with van der Waals surface area (Å²) in [5.41, 5.74) is 1.58. The van der Waals surface area contributed by atoms with E-state index in [2.05, 4.69) is 15.6 Å². The number of aromatic nitrogens is 1. The van der Waals surface area contributed by atoms with Crippen molar-refractivity contribution in [2.75, 3.05) is 6.61 Å². The normalized spacial score (nSPS) is 27.0. The molecule has 1 spiro atoms. The highest BCUT2D eigenvalue weighted by atomic mass is 19.1. The predicted octanol–water partition coefficient (Wildman–Crippen LogP) is 3.75. The smallest absolute Gasteiger partial charge is 0.240 e. The average Bonchev–Trinajstić information content (AvgIpc) is 3.13. The van der Waals surface area contributed by atoms with Crippen molar-refractivity contribution in [1.29, 1.82) is 0 Å². The Bertz CT molecular complexity index is 888. The quantitative estimate of drug-likeness (QED) is 0.844. The second-order valence-corrected chi connectivity index (χ2v) is 7.77. The molecular weight excluding hydrogens is 357 g/mol. The van der Waals surface area contributed by atoms with Crippen molar-refractivity contribution in [2.24, 2.45) is 0 Å². The summed E-state index contributed by atoms with van der Waals surface area (Å²) >= 11 is 0. The number of nitrogens with one attached hydrogen (secondary N) is 2. The van der Waals surface area contributed by atoms with E-state index in [1.807, 2.05) is 19.9 Å². The van der Waals surface area contributed by atoms with Gasteiger partial charge in [-0.2, -0.15) is 0 Å². The van der Waals surface area contributed by atoms with Gasteiger partial charge in [0.1, 0.15) is 11.6 Å². The number of nitrogens with zero attached hydrogens (tertiary/aromatic N) is 1. The Kier molecular flexibility index (Phi) is 5.06. The molecular formula is C22H26FN3O2. The van der Waals surface area contributed by atoms with E-state index < -0.39 is 5.54 Å². The highest BCUT2D eigenvalue weighted by molar-refractivity contribution is 5.87. The molecule has 0 saturated carbocycles. The summed E-state index contributed by atoms with van der Waals surface area (Å²) in [4.78, 5) is 17.1. The summed E-state index contributed by atoms with van der Waals surface area (Å²) in [5.74, 6) is 0.431. The van der Waals surface area contributed by atoms with Crippen molar-refractivity contribution in [3.05, 3.63) is 48.0 Å². The van der Waals surface area contributed by atoms with Crippen LogP contribution in [0.1, 0.15) is 51.3 Å². The number of pyridine rings is 1. The van der Waals surface area contributed by atoms with E-state index >= 15 is 0 Å². The molecule has 2 aliphatic heterocycles. The fraction of sp³-hybridized carbons (Fsp3) is 0.455. The third-order valence-corrected chi connectivity index (χ3v) is 5.82. The number of benzene rings is 1. The zero-order valence-corrected chi connectivity index (χ0v) is 16.3. The summed E-state index contributed by atoms with van der Waals surface area (Å²) in [6.07, 6.45) is 5.12. The summed E-state index contributed by atoms with van der Waals surface area (Å²) < 4.78 is 19.9. The second-order valence-electron chi connectivity index (χ2n) is 7.77. The predicted molar refractivity (Wildman–Crippen MR) is 105 cm³/mol. The molecule has 148 valence electrons. The van der Waals surface area contributed by atoms with Gasteiger partial charge in [0.25, 0.3) is 0 Å². The lowest BCUT2D eigenvalue weighted by atomic mass is 9.85. The molecule has 2 saturated heterocycles. The second kappa shape index (κ2) is 7.51. The maximum atomic E-state index is 14.4. The number of amides is 1. The minimum absolute atomic E-state index is 0.0164. The number of halogens is 1. The van der Waals surface area contributed by atoms with Crippen molar-refractivity contribution >= 4 is 5.91 Å². The number of hydrogen-bond donors (Lipinski definition) is 2. The molecule has 0 radical (unpaired) electrons. The number of rotatable bonds is 4. The van der Waals surface area contributed by atoms with Gasteiger partial charge in [-0.3, -0.25) is 15.1 Å². The molecule has 4 rings (SSSR count). The standard InChI is InChI=1S/C22H26FN3O2/c1-3-28-16-4-5-18(23)17(13-16)15-8-11-24-20(12-15)19-7-10-22(26-19)9-6-14(2)25-21(22)27/h4-5,8,11-14,19,26H,3,6-7,9-10H2,1-2H3,(H,25,27)/t14-,19-,22-/m0/s1. The molecule has 2 aliphatic rings. The van der Waals surface area contributed by atoms with Crippen LogP contribution in [-0.4, -0.2) is 29.1 Å². The van der Waals surface area contributed by atoms with E-state index in [9.17, 15) is 9.18 Å². The zero-order chi connectivity index (χ0) is 19.7. The molecule has 0 bridgehead atoms. The van der Waals surface area contributed by atoms with E-state index in [1.54, 1.807) is 24.4 Å². The average molecular weight is 383 g/mol. The molecule has 1 amide bonds. The maximum absolute atomic E-state index is 14.4. The van der Waals surface area contributed by atoms with E-state index in [4.69, 9.17) is 4.74 Å². The minimum atomic E-state index is -0.505. The van der Waals surface area contributed by atoms with Crippen LogP contribution in [0.4, 0.5) is 4.39 Å². The fourth-order valence-corrected chi connectivity index (χ4v) is 4.27. The van der Waals surface area contributed by atoms with E-state index in [-0.39, 0.29) is 23.8 Å². The van der Waals surface area contributed by atoms with Gasteiger partial charge < -0.3 is 10.1 Å². The van der Waals surface area contributed by atoms with Gasteiger partial charge in [-0.1, -0.05) is 0 Å². The van der Waals surface area contributed by atoms with Crippen molar-refractivity contribution < 1.29 is 13.9 Å². The van der Waals surface area contributed by atoms with Crippen molar-refractivity contribution in [2.45, 2.75) is 57.2 Å². The number of carbonyl (C=O) groups excluding carboxylic acids is 1. The fourth-order valence-electron chi connectivity index (χ4n) is 4.27. The molecule has 5 nitrogen and oxygen atoms in total. The molecule has 3 atom stereocenters. The molecule has 2 N–H and O–H groups in total. The van der Waals surface area contributed by atoms with Gasteiger partial charge in [-0.15, -0.1) is 0 Å². The van der Waals surface area contributed by atoms with Crippen molar-refractivity contribution in [3.63, 3.8) is 0 Å². The lowest BCUT2D eigenvalue weighted by Gasteiger charge is -2.36. The SMILES string of the molecule is CCOc1ccc(F)c(-c2ccnc([C@@H]3CC[C@]4(CC[C@H](C)NC4=O)N3)c2)c1. The van der Waals surface area contributed by atoms with Crippen LogP contribution in [0.5, 0.6) is 5.75 Å². The molecule has 0 unspecified atom stereocenters. The largest absolute Gasteiger partial charge is 0.494 e. The summed E-state index contributed by atoms with van der Waals surface area (Å²) in [5, 5.41) is 6.59. The third kappa shape index (κ3) is 3.49. The number of ether oxygens (including phenoxy) is 1. The number of piperidine rings is 1. The molecule has 6 heteroatoms. The molecule has 2 aromatic rings. The van der Waals surface area contributed by atoms with Crippen LogP contribution >= 0.6 is 0 Å². The Labute approximate surface area is 164 Å². The Morgan fingerprint density at radius 2 is 2.07 bits per heavy atom. The molecule has 2 fully saturated rings. The first kappa shape index (κ1) is 18.9. The Morgan fingerprint density at radius 3 is 2.86 bits per heavy atom. The van der Waals surface area contributed by atoms with Gasteiger partial charge >= 0.3 is 0 Å². The van der Waals surface area contributed by atoms with Crippen LogP contribution in [0.25, 0.3) is 11.1 Å². The van der Waals surface area contributed by atoms with Crippen molar-refractivity contribution in [1.82, 2.24) is 15.6 Å². The monoisotopic (exact) mass is 383 g/mol. The molecule has 1 aromatic heterocycles. The van der Waals surface area contributed by atoms with Gasteiger partial charge in [-0.25, -0.2) is 4.39 Å². The minimum Gasteiger partial charge on any atom is -0.494 e. The molecule has 1 aromatic carbocycles. The number of carbonyl (C=O) groups is 1. The third-order valence-electron chi connectivity index (χ3n) is 5.82. The van der Waals surface area contributed by atoms with Crippen LogP contribution in [0.15, 0.2) is 36.5 Å². The Hall–Kier alpha value is -2.47. The van der Waals surface area contributed by atoms with Crippen LogP contribution < -0.4 is 15.4 Å². The maximum Gasteiger partial charge on any atom is 0.240 e. The first-order chi connectivity index (χ1) is 13.5. The first-order valence-corrected chi connectivity index (χ1v) is 9.98. The molecule has 0 aliphatic carbocycles. The first-order valence-electron chi connectivity index (χ1n) is 9.98. The lowest BCUT2D eigenvalue weighted by molar-refractivity contribution is -0.130. The van der Waals surface area contributed by atoms with Gasteiger partial charge in [0, 0.05) is 17.8 Å². The summed E-state index contributed by atoms with van der Waals surface area (Å²) in [6.45, 7) is 4.46. The van der Waals surface area contributed by atoms with Crippen LogP contribution in [0.2, 0.25) is 0 Å². The van der Waals surface area contributed by atoms with Crippen LogP contribution in [0, 0.1) is 5.82 Å². The summed E-state index contributed by atoms with van der Waals surface area (Å²) in [6, 6.07) is 8.70. The molecule has 3 heterocycles.